The van der Waals surface area contributed by atoms with Gasteiger partial charge in [0.25, 0.3) is 0 Å². The van der Waals surface area contributed by atoms with Gasteiger partial charge < -0.3 is 15.1 Å². The fourth-order valence-corrected chi connectivity index (χ4v) is 2.76. The highest BCUT2D eigenvalue weighted by molar-refractivity contribution is 5.84. The van der Waals surface area contributed by atoms with Crippen molar-refractivity contribution in [3.63, 3.8) is 0 Å². The summed E-state index contributed by atoms with van der Waals surface area (Å²) in [5.74, 6) is -0.0218. The van der Waals surface area contributed by atoms with Crippen LogP contribution in [-0.2, 0) is 16.0 Å². The minimum atomic E-state index is -0.0407. The number of aryl methyl sites for hydroxylation is 2. The minimum absolute atomic E-state index is 0.0188. The topological polar surface area (TPSA) is 52.7 Å². The molecule has 0 atom stereocenters. The Morgan fingerprint density at radius 1 is 1.13 bits per heavy atom. The molecule has 1 fully saturated rings. The lowest BCUT2D eigenvalue weighted by Gasteiger charge is -2.32. The van der Waals surface area contributed by atoms with Gasteiger partial charge in [-0.1, -0.05) is 24.3 Å². The lowest BCUT2D eigenvalue weighted by molar-refractivity contribution is -0.134. The van der Waals surface area contributed by atoms with E-state index in [9.17, 15) is 9.59 Å². The Balaban J connectivity index is 1.63. The van der Waals surface area contributed by atoms with Gasteiger partial charge in [0.15, 0.2) is 0 Å². The van der Waals surface area contributed by atoms with Gasteiger partial charge >= 0.3 is 0 Å². The summed E-state index contributed by atoms with van der Waals surface area (Å²) in [6.45, 7) is 5.50. The van der Waals surface area contributed by atoms with E-state index in [1.807, 2.05) is 17.0 Å². The van der Waals surface area contributed by atoms with Gasteiger partial charge in [0.2, 0.25) is 11.8 Å². The largest absolute Gasteiger partial charge is 0.347 e. The molecule has 0 unspecified atom stereocenters. The van der Waals surface area contributed by atoms with Crippen LogP contribution >= 0.6 is 0 Å². The van der Waals surface area contributed by atoms with E-state index < -0.39 is 0 Å². The van der Waals surface area contributed by atoms with Crippen molar-refractivity contribution >= 4 is 11.8 Å². The summed E-state index contributed by atoms with van der Waals surface area (Å²) in [5, 5.41) is 2.75. The minimum Gasteiger partial charge on any atom is -0.347 e. The lowest BCUT2D eigenvalue weighted by Crippen LogP contribution is -2.50. The van der Waals surface area contributed by atoms with Gasteiger partial charge in [0.05, 0.1) is 6.54 Å². The van der Waals surface area contributed by atoms with Crippen molar-refractivity contribution in [1.29, 1.82) is 0 Å². The molecule has 5 nitrogen and oxygen atoms in total. The zero-order chi connectivity index (χ0) is 16.7. The van der Waals surface area contributed by atoms with E-state index in [1.165, 1.54) is 11.1 Å². The van der Waals surface area contributed by atoms with Crippen LogP contribution in [0.15, 0.2) is 24.3 Å². The molecule has 1 N–H and O–H groups in total. The van der Waals surface area contributed by atoms with Crippen molar-refractivity contribution in [2.75, 3.05) is 39.8 Å². The molecule has 0 saturated carbocycles. The van der Waals surface area contributed by atoms with Gasteiger partial charge in [-0.15, -0.1) is 0 Å². The third kappa shape index (κ3) is 5.67. The molecule has 0 spiro atoms. The van der Waals surface area contributed by atoms with Crippen LogP contribution in [0.3, 0.4) is 0 Å². The van der Waals surface area contributed by atoms with Crippen LogP contribution in [-0.4, -0.2) is 61.4 Å². The summed E-state index contributed by atoms with van der Waals surface area (Å²) in [4.78, 5) is 27.9. The van der Waals surface area contributed by atoms with E-state index in [0.717, 1.165) is 39.0 Å². The number of rotatable bonds is 6. The Hall–Kier alpha value is -1.88. The molecule has 5 heteroatoms. The molecule has 1 heterocycles. The summed E-state index contributed by atoms with van der Waals surface area (Å²) in [6.07, 6.45) is 2.16. The molecule has 126 valence electrons. The van der Waals surface area contributed by atoms with Gasteiger partial charge in [-0.2, -0.15) is 0 Å². The van der Waals surface area contributed by atoms with E-state index >= 15 is 0 Å². The van der Waals surface area contributed by atoms with Crippen LogP contribution in [0.1, 0.15) is 24.0 Å². The van der Waals surface area contributed by atoms with Crippen molar-refractivity contribution in [2.45, 2.75) is 26.2 Å². The number of carbonyl (C=O) groups is 2. The van der Waals surface area contributed by atoms with E-state index in [1.54, 1.807) is 0 Å². The van der Waals surface area contributed by atoms with E-state index in [0.29, 0.717) is 6.42 Å². The first-order chi connectivity index (χ1) is 11.1. The molecule has 0 aromatic heterocycles. The summed E-state index contributed by atoms with van der Waals surface area (Å²) in [6, 6.07) is 8.24. The summed E-state index contributed by atoms with van der Waals surface area (Å²) >= 11 is 0. The molecule has 2 amide bonds. The quantitative estimate of drug-likeness (QED) is 0.858. The molecule has 0 aliphatic carbocycles. The summed E-state index contributed by atoms with van der Waals surface area (Å²) in [7, 11) is 2.05. The highest BCUT2D eigenvalue weighted by Gasteiger charge is 2.19. The Morgan fingerprint density at radius 3 is 2.52 bits per heavy atom. The third-order valence-electron chi connectivity index (χ3n) is 4.40. The number of nitrogens with zero attached hydrogens (tertiary/aromatic N) is 2. The van der Waals surface area contributed by atoms with Gasteiger partial charge in [-0.25, -0.2) is 0 Å². The zero-order valence-electron chi connectivity index (χ0n) is 14.2. The van der Waals surface area contributed by atoms with Crippen molar-refractivity contribution in [1.82, 2.24) is 15.1 Å². The van der Waals surface area contributed by atoms with Gasteiger partial charge in [0.1, 0.15) is 0 Å². The standard InChI is InChI=1S/C18H27N3O2/c1-15-6-3-4-7-16(15)8-5-9-17(22)19-14-18(23)21-12-10-20(2)11-13-21/h3-4,6-7H,5,8-14H2,1-2H3,(H,19,22). The molecule has 2 rings (SSSR count). The maximum Gasteiger partial charge on any atom is 0.242 e. The average molecular weight is 317 g/mol. The fourth-order valence-electron chi connectivity index (χ4n) is 2.76. The summed E-state index contributed by atoms with van der Waals surface area (Å²) < 4.78 is 0. The molecule has 23 heavy (non-hydrogen) atoms. The van der Waals surface area contributed by atoms with E-state index in [2.05, 4.69) is 36.3 Å². The fraction of sp³-hybridized carbons (Fsp3) is 0.556. The van der Waals surface area contributed by atoms with Gasteiger partial charge in [0, 0.05) is 32.6 Å². The molecule has 1 aliphatic rings. The predicted molar refractivity (Wildman–Crippen MR) is 91.2 cm³/mol. The zero-order valence-corrected chi connectivity index (χ0v) is 14.2. The first kappa shape index (κ1) is 17.5. The molecular formula is C18H27N3O2. The van der Waals surface area contributed by atoms with Gasteiger partial charge in [-0.3, -0.25) is 9.59 Å². The molecule has 1 aromatic carbocycles. The number of likely N-dealkylation sites (N-methyl/N-ethyl adjacent to an activating group) is 1. The van der Waals surface area contributed by atoms with Crippen LogP contribution in [0.25, 0.3) is 0 Å². The van der Waals surface area contributed by atoms with Crippen LogP contribution in [0.5, 0.6) is 0 Å². The number of hydrogen-bond acceptors (Lipinski definition) is 3. The number of benzene rings is 1. The Bertz CT molecular complexity index is 537. The van der Waals surface area contributed by atoms with Crippen LogP contribution in [0.4, 0.5) is 0 Å². The first-order valence-corrected chi connectivity index (χ1v) is 8.34. The van der Waals surface area contributed by atoms with Crippen molar-refractivity contribution in [3.8, 4) is 0 Å². The highest BCUT2D eigenvalue weighted by Crippen LogP contribution is 2.10. The van der Waals surface area contributed by atoms with E-state index in [-0.39, 0.29) is 18.4 Å². The second kappa shape index (κ2) is 8.67. The lowest BCUT2D eigenvalue weighted by atomic mass is 10.0. The predicted octanol–water partition coefficient (Wildman–Crippen LogP) is 1.21. The van der Waals surface area contributed by atoms with Crippen molar-refractivity contribution < 1.29 is 9.59 Å². The first-order valence-electron chi connectivity index (χ1n) is 8.34. The Labute approximate surface area is 138 Å². The third-order valence-corrected chi connectivity index (χ3v) is 4.40. The van der Waals surface area contributed by atoms with E-state index in [4.69, 9.17) is 0 Å². The summed E-state index contributed by atoms with van der Waals surface area (Å²) in [5.41, 5.74) is 2.55. The van der Waals surface area contributed by atoms with Crippen molar-refractivity contribution in [2.24, 2.45) is 0 Å². The average Bonchev–Trinajstić information content (AvgIpc) is 2.55. The normalized spacial score (nSPS) is 15.5. The number of nitrogens with one attached hydrogen (secondary N) is 1. The SMILES string of the molecule is Cc1ccccc1CCCC(=O)NCC(=O)N1CCN(C)CC1. The maximum atomic E-state index is 12.0. The van der Waals surface area contributed by atoms with Crippen LogP contribution < -0.4 is 5.32 Å². The molecule has 1 aliphatic heterocycles. The van der Waals surface area contributed by atoms with Gasteiger partial charge in [-0.05, 0) is 37.9 Å². The Kier molecular flexibility index (Phi) is 6.59. The second-order valence-corrected chi connectivity index (χ2v) is 6.24. The number of carbonyl (C=O) groups excluding carboxylic acids is 2. The number of amides is 2. The monoisotopic (exact) mass is 317 g/mol. The number of hydrogen-bond donors (Lipinski definition) is 1. The second-order valence-electron chi connectivity index (χ2n) is 6.24. The number of piperazine rings is 1. The Morgan fingerprint density at radius 2 is 1.83 bits per heavy atom. The van der Waals surface area contributed by atoms with Crippen LogP contribution in [0, 0.1) is 6.92 Å². The maximum absolute atomic E-state index is 12.0. The molecule has 0 bridgehead atoms. The highest BCUT2D eigenvalue weighted by atomic mass is 16.2. The smallest absolute Gasteiger partial charge is 0.242 e. The molecule has 1 saturated heterocycles. The molecular weight excluding hydrogens is 290 g/mol. The molecule has 1 aromatic rings. The molecule has 0 radical (unpaired) electrons. The van der Waals surface area contributed by atoms with Crippen LogP contribution in [0.2, 0.25) is 0 Å². The van der Waals surface area contributed by atoms with Crippen molar-refractivity contribution in [3.05, 3.63) is 35.4 Å².